The molecule has 29 heavy (non-hydrogen) atoms. The van der Waals surface area contributed by atoms with Crippen LogP contribution in [0.3, 0.4) is 0 Å². The van der Waals surface area contributed by atoms with Gasteiger partial charge in [-0.15, -0.1) is 0 Å². The summed E-state index contributed by atoms with van der Waals surface area (Å²) in [6, 6.07) is 15.2. The number of benzene rings is 2. The monoisotopic (exact) mass is 393 g/mol. The van der Waals surface area contributed by atoms with Gasteiger partial charge in [-0.25, -0.2) is 0 Å². The first-order valence-corrected chi connectivity index (χ1v) is 10.1. The minimum atomic E-state index is -0.534. The molecule has 152 valence electrons. The number of nitrogens with zero attached hydrogens (tertiary/aromatic N) is 1. The van der Waals surface area contributed by atoms with E-state index < -0.39 is 5.41 Å². The van der Waals surface area contributed by atoms with Crippen LogP contribution in [0.4, 0.5) is 11.4 Å². The number of hydrogen-bond acceptors (Lipinski definition) is 4. The van der Waals surface area contributed by atoms with Crippen molar-refractivity contribution in [3.8, 4) is 0 Å². The van der Waals surface area contributed by atoms with Gasteiger partial charge in [0, 0.05) is 30.6 Å². The van der Waals surface area contributed by atoms with Gasteiger partial charge in [-0.05, 0) is 62.2 Å². The third-order valence-electron chi connectivity index (χ3n) is 5.96. The van der Waals surface area contributed by atoms with E-state index in [0.717, 1.165) is 38.0 Å². The maximum Gasteiger partial charge on any atom is 0.258 e. The maximum atomic E-state index is 13.1. The summed E-state index contributed by atoms with van der Waals surface area (Å²) in [5.74, 6) is -0.0866. The molecule has 0 unspecified atom stereocenters. The summed E-state index contributed by atoms with van der Waals surface area (Å²) in [7, 11) is 1.63. The van der Waals surface area contributed by atoms with Crippen molar-refractivity contribution >= 4 is 23.2 Å². The maximum absolute atomic E-state index is 13.1. The van der Waals surface area contributed by atoms with Gasteiger partial charge in [0.25, 0.3) is 5.91 Å². The Hall–Kier alpha value is -2.70. The number of carbonyl (C=O) groups excluding carboxylic acids is 2. The van der Waals surface area contributed by atoms with Crippen LogP contribution in [0.15, 0.2) is 48.5 Å². The molecule has 0 aromatic heterocycles. The number of anilines is 2. The Balaban J connectivity index is 1.52. The lowest BCUT2D eigenvalue weighted by molar-refractivity contribution is -0.130. The highest BCUT2D eigenvalue weighted by atomic mass is 16.5. The van der Waals surface area contributed by atoms with Crippen LogP contribution < -0.4 is 15.5 Å². The fourth-order valence-electron chi connectivity index (χ4n) is 4.32. The summed E-state index contributed by atoms with van der Waals surface area (Å²) in [5.41, 5.74) is 2.85. The molecule has 6 heteroatoms. The van der Waals surface area contributed by atoms with Crippen molar-refractivity contribution in [2.24, 2.45) is 5.41 Å². The molecule has 2 aromatic rings. The van der Waals surface area contributed by atoms with Crippen LogP contribution in [0, 0.1) is 5.41 Å². The normalized spacial score (nSPS) is 17.6. The van der Waals surface area contributed by atoms with Gasteiger partial charge in [-0.2, -0.15) is 0 Å². The van der Waals surface area contributed by atoms with Gasteiger partial charge in [0.05, 0.1) is 12.0 Å². The molecule has 6 nitrogen and oxygen atoms in total. The van der Waals surface area contributed by atoms with Crippen molar-refractivity contribution in [1.82, 2.24) is 5.32 Å². The number of nitrogens with one attached hydrogen (secondary N) is 2. The van der Waals surface area contributed by atoms with E-state index >= 15 is 0 Å². The molecule has 2 heterocycles. The van der Waals surface area contributed by atoms with Crippen molar-refractivity contribution in [1.29, 1.82) is 0 Å². The molecule has 0 spiro atoms. The minimum absolute atomic E-state index is 0.0421. The number of ether oxygens (including phenoxy) is 1. The Kier molecular flexibility index (Phi) is 5.65. The zero-order valence-electron chi connectivity index (χ0n) is 16.7. The van der Waals surface area contributed by atoms with Crippen LogP contribution in [-0.2, 0) is 16.0 Å². The Morgan fingerprint density at radius 1 is 1.14 bits per heavy atom. The van der Waals surface area contributed by atoms with Crippen LogP contribution in [0.25, 0.3) is 0 Å². The van der Waals surface area contributed by atoms with E-state index in [9.17, 15) is 9.59 Å². The molecule has 0 radical (unpaired) electrons. The summed E-state index contributed by atoms with van der Waals surface area (Å²) < 4.78 is 5.36. The molecule has 2 aliphatic heterocycles. The average Bonchev–Trinajstić information content (AvgIpc) is 3.18. The third-order valence-corrected chi connectivity index (χ3v) is 5.96. The summed E-state index contributed by atoms with van der Waals surface area (Å²) in [6.45, 7) is 2.66. The highest BCUT2D eigenvalue weighted by Gasteiger charge is 2.39. The van der Waals surface area contributed by atoms with Gasteiger partial charge >= 0.3 is 0 Å². The predicted molar refractivity (Wildman–Crippen MR) is 113 cm³/mol. The topological polar surface area (TPSA) is 70.7 Å². The second-order valence-electron chi connectivity index (χ2n) is 7.83. The highest BCUT2D eigenvalue weighted by molar-refractivity contribution is 6.08. The van der Waals surface area contributed by atoms with E-state index in [1.165, 1.54) is 5.56 Å². The molecule has 0 bridgehead atoms. The molecule has 2 amide bonds. The third kappa shape index (κ3) is 3.91. The van der Waals surface area contributed by atoms with E-state index in [1.54, 1.807) is 19.2 Å². The molecule has 2 aromatic carbocycles. The fraction of sp³-hybridized carbons (Fsp3) is 0.391. The number of fused-ring (bicyclic) bond motifs is 1. The van der Waals surface area contributed by atoms with Gasteiger partial charge in [0.15, 0.2) is 0 Å². The number of para-hydroxylation sites is 1. The van der Waals surface area contributed by atoms with Crippen LogP contribution >= 0.6 is 0 Å². The summed E-state index contributed by atoms with van der Waals surface area (Å²) >= 11 is 0. The zero-order valence-corrected chi connectivity index (χ0v) is 16.7. The van der Waals surface area contributed by atoms with Gasteiger partial charge < -0.3 is 20.3 Å². The lowest BCUT2D eigenvalue weighted by Crippen LogP contribution is -2.47. The Morgan fingerprint density at radius 2 is 1.93 bits per heavy atom. The molecule has 2 N–H and O–H groups in total. The van der Waals surface area contributed by atoms with Crippen molar-refractivity contribution in [2.75, 3.05) is 43.6 Å². The van der Waals surface area contributed by atoms with E-state index in [1.807, 2.05) is 35.2 Å². The second kappa shape index (κ2) is 8.35. The first-order valence-electron chi connectivity index (χ1n) is 10.1. The van der Waals surface area contributed by atoms with Crippen molar-refractivity contribution in [3.63, 3.8) is 0 Å². The molecular weight excluding hydrogens is 366 g/mol. The molecule has 2 aliphatic rings. The molecular formula is C23H27N3O3. The van der Waals surface area contributed by atoms with Crippen LogP contribution in [0.1, 0.15) is 28.8 Å². The lowest BCUT2D eigenvalue weighted by Gasteiger charge is -2.35. The van der Waals surface area contributed by atoms with Crippen LogP contribution in [0.2, 0.25) is 0 Å². The number of rotatable bonds is 5. The van der Waals surface area contributed by atoms with Gasteiger partial charge in [0.1, 0.15) is 0 Å². The summed E-state index contributed by atoms with van der Waals surface area (Å²) in [6.07, 6.45) is 2.33. The van der Waals surface area contributed by atoms with Gasteiger partial charge in [-0.1, -0.05) is 24.3 Å². The summed E-state index contributed by atoms with van der Waals surface area (Å²) in [4.78, 5) is 28.0. The Morgan fingerprint density at radius 3 is 2.72 bits per heavy atom. The van der Waals surface area contributed by atoms with Crippen molar-refractivity contribution in [3.05, 3.63) is 59.7 Å². The van der Waals surface area contributed by atoms with Gasteiger partial charge in [0.2, 0.25) is 5.91 Å². The Labute approximate surface area is 171 Å². The largest absolute Gasteiger partial charge is 0.384 e. The predicted octanol–water partition coefficient (Wildman–Crippen LogP) is 2.84. The zero-order chi connectivity index (χ0) is 20.3. The molecule has 4 rings (SSSR count). The molecule has 1 fully saturated rings. The second-order valence-corrected chi connectivity index (χ2v) is 7.83. The fourth-order valence-corrected chi connectivity index (χ4v) is 4.32. The lowest BCUT2D eigenvalue weighted by atomic mass is 9.78. The van der Waals surface area contributed by atoms with Crippen molar-refractivity contribution in [2.45, 2.75) is 19.3 Å². The van der Waals surface area contributed by atoms with E-state index in [0.29, 0.717) is 24.4 Å². The van der Waals surface area contributed by atoms with Gasteiger partial charge in [-0.3, -0.25) is 9.59 Å². The SMILES string of the molecule is COCC1(C(=O)Nc2cccc(C(=O)N3CCc4ccccc43)c2)CCNCC1. The molecule has 0 atom stereocenters. The Bertz CT molecular complexity index is 900. The van der Waals surface area contributed by atoms with Crippen LogP contribution in [-0.4, -0.2) is 45.2 Å². The first-order chi connectivity index (χ1) is 14.1. The van der Waals surface area contributed by atoms with Crippen LogP contribution in [0.5, 0.6) is 0 Å². The average molecular weight is 393 g/mol. The molecule has 1 saturated heterocycles. The standard InChI is InChI=1S/C23H27N3O3/c1-29-16-23(10-12-24-13-11-23)22(28)25-19-7-4-6-18(15-19)21(27)26-14-9-17-5-2-3-8-20(17)26/h2-8,15,24H,9-14,16H2,1H3,(H,25,28). The van der Waals surface area contributed by atoms with Crippen molar-refractivity contribution < 1.29 is 14.3 Å². The summed E-state index contributed by atoms with van der Waals surface area (Å²) in [5, 5.41) is 6.32. The number of hydrogen-bond donors (Lipinski definition) is 2. The number of methoxy groups -OCH3 is 1. The minimum Gasteiger partial charge on any atom is -0.384 e. The molecule has 0 aliphatic carbocycles. The van der Waals surface area contributed by atoms with E-state index in [-0.39, 0.29) is 11.8 Å². The van der Waals surface area contributed by atoms with E-state index in [4.69, 9.17) is 4.74 Å². The first kappa shape index (κ1) is 19.6. The number of amides is 2. The quantitative estimate of drug-likeness (QED) is 0.820. The number of piperidine rings is 1. The number of carbonyl (C=O) groups is 2. The molecule has 0 saturated carbocycles. The highest BCUT2D eigenvalue weighted by Crippen LogP contribution is 2.32. The van der Waals surface area contributed by atoms with E-state index in [2.05, 4.69) is 16.7 Å². The smallest absolute Gasteiger partial charge is 0.258 e.